The van der Waals surface area contributed by atoms with Gasteiger partial charge in [-0.2, -0.15) is 4.31 Å². The van der Waals surface area contributed by atoms with Gasteiger partial charge in [-0.1, -0.05) is 11.6 Å². The largest absolute Gasteiger partial charge is 0.497 e. The van der Waals surface area contributed by atoms with Crippen LogP contribution in [0, 0.1) is 0 Å². The Labute approximate surface area is 130 Å². The van der Waals surface area contributed by atoms with Crippen LogP contribution in [0.15, 0.2) is 23.1 Å². The number of nitrogens with zero attached hydrogens (tertiary/aromatic N) is 1. The number of sulfonamides is 1. The fourth-order valence-electron chi connectivity index (χ4n) is 2.11. The molecule has 1 aromatic rings. The Balaban J connectivity index is 0.00000200. The van der Waals surface area contributed by atoms with Gasteiger partial charge in [-0.3, -0.25) is 0 Å². The van der Waals surface area contributed by atoms with E-state index in [-0.39, 0.29) is 28.4 Å². The molecule has 1 fully saturated rings. The van der Waals surface area contributed by atoms with Gasteiger partial charge in [0.05, 0.1) is 12.1 Å². The number of hydrogen-bond donors (Lipinski definition) is 1. The van der Waals surface area contributed by atoms with E-state index in [4.69, 9.17) is 16.3 Å². The van der Waals surface area contributed by atoms with E-state index in [0.717, 1.165) is 13.0 Å². The van der Waals surface area contributed by atoms with Crippen molar-refractivity contribution in [1.29, 1.82) is 0 Å². The highest BCUT2D eigenvalue weighted by Crippen LogP contribution is 2.29. The quantitative estimate of drug-likeness (QED) is 0.907. The molecule has 0 spiro atoms. The highest BCUT2D eigenvalue weighted by atomic mass is 35.5. The molecule has 0 radical (unpaired) electrons. The van der Waals surface area contributed by atoms with Crippen molar-refractivity contribution in [3.63, 3.8) is 0 Å². The summed E-state index contributed by atoms with van der Waals surface area (Å²) in [5.74, 6) is 0.473. The number of likely N-dealkylation sites (N-methyl/N-ethyl adjacent to an activating group) is 1. The van der Waals surface area contributed by atoms with Crippen LogP contribution in [0.4, 0.5) is 0 Å². The summed E-state index contributed by atoms with van der Waals surface area (Å²) in [5, 5.41) is 3.36. The Morgan fingerprint density at radius 2 is 2.15 bits per heavy atom. The average Bonchev–Trinajstić information content (AvgIpc) is 2.92. The second kappa shape index (κ2) is 6.95. The molecule has 0 amide bonds. The second-order valence-corrected chi connectivity index (χ2v) is 6.84. The molecule has 1 aliphatic heterocycles. The smallest absolute Gasteiger partial charge is 0.244 e. The van der Waals surface area contributed by atoms with Crippen LogP contribution >= 0.6 is 24.0 Å². The van der Waals surface area contributed by atoms with Crippen molar-refractivity contribution in [2.24, 2.45) is 0 Å². The molecule has 1 N–H and O–H groups in total. The lowest BCUT2D eigenvalue weighted by molar-refractivity contribution is 0.386. The van der Waals surface area contributed by atoms with Crippen molar-refractivity contribution in [3.05, 3.63) is 23.2 Å². The number of rotatable bonds is 4. The minimum atomic E-state index is -3.60. The lowest BCUT2D eigenvalue weighted by atomic mass is 10.3. The van der Waals surface area contributed by atoms with Gasteiger partial charge < -0.3 is 10.1 Å². The molecule has 0 aliphatic carbocycles. The zero-order chi connectivity index (χ0) is 14.0. The van der Waals surface area contributed by atoms with Crippen molar-refractivity contribution in [3.8, 4) is 5.75 Å². The summed E-state index contributed by atoms with van der Waals surface area (Å²) in [6, 6.07) is 4.59. The molecular formula is C12H18Cl2N2O3S. The van der Waals surface area contributed by atoms with E-state index in [1.165, 1.54) is 23.5 Å². The number of halogens is 2. The van der Waals surface area contributed by atoms with Crippen molar-refractivity contribution in [2.45, 2.75) is 17.4 Å². The van der Waals surface area contributed by atoms with E-state index in [0.29, 0.717) is 12.3 Å². The molecule has 1 saturated heterocycles. The normalized spacial score (nSPS) is 18.9. The first-order valence-electron chi connectivity index (χ1n) is 5.99. The third-order valence-electron chi connectivity index (χ3n) is 3.34. The van der Waals surface area contributed by atoms with E-state index in [1.54, 1.807) is 13.1 Å². The van der Waals surface area contributed by atoms with Gasteiger partial charge in [0.15, 0.2) is 0 Å². The van der Waals surface area contributed by atoms with Crippen LogP contribution in [0.25, 0.3) is 0 Å². The van der Waals surface area contributed by atoms with Gasteiger partial charge in [-0.15, -0.1) is 12.4 Å². The SMILES string of the molecule is COc1ccc(Cl)c(S(=O)(=O)N(C)C2CCNC2)c1.Cl. The molecule has 114 valence electrons. The van der Waals surface area contributed by atoms with E-state index < -0.39 is 10.0 Å². The van der Waals surface area contributed by atoms with Crippen LogP contribution in [0.3, 0.4) is 0 Å². The molecular weight excluding hydrogens is 323 g/mol. The Morgan fingerprint density at radius 3 is 2.70 bits per heavy atom. The fourth-order valence-corrected chi connectivity index (χ4v) is 3.98. The zero-order valence-electron chi connectivity index (χ0n) is 11.3. The van der Waals surface area contributed by atoms with Gasteiger partial charge in [0.2, 0.25) is 10.0 Å². The maximum atomic E-state index is 12.6. The fraction of sp³-hybridized carbons (Fsp3) is 0.500. The molecule has 5 nitrogen and oxygen atoms in total. The first-order chi connectivity index (χ1) is 8.96. The van der Waals surface area contributed by atoms with Gasteiger partial charge in [-0.25, -0.2) is 8.42 Å². The molecule has 2 rings (SSSR count). The predicted molar refractivity (Wildman–Crippen MR) is 81.5 cm³/mol. The molecule has 0 aromatic heterocycles. The zero-order valence-corrected chi connectivity index (χ0v) is 13.7. The molecule has 1 atom stereocenters. The number of methoxy groups -OCH3 is 1. The second-order valence-electron chi connectivity index (χ2n) is 4.46. The van der Waals surface area contributed by atoms with Crippen LogP contribution in [-0.2, 0) is 10.0 Å². The van der Waals surface area contributed by atoms with Gasteiger partial charge in [-0.05, 0) is 25.1 Å². The number of hydrogen-bond acceptors (Lipinski definition) is 4. The Morgan fingerprint density at radius 1 is 1.45 bits per heavy atom. The maximum absolute atomic E-state index is 12.6. The average molecular weight is 341 g/mol. The summed E-state index contributed by atoms with van der Waals surface area (Å²) in [5.41, 5.74) is 0. The Hall–Kier alpha value is -0.530. The van der Waals surface area contributed by atoms with Crippen LogP contribution in [-0.4, -0.2) is 46.0 Å². The summed E-state index contributed by atoms with van der Waals surface area (Å²) in [6.45, 7) is 1.49. The molecule has 0 bridgehead atoms. The summed E-state index contributed by atoms with van der Waals surface area (Å²) < 4.78 is 31.6. The Kier molecular flexibility index (Phi) is 6.09. The summed E-state index contributed by atoms with van der Waals surface area (Å²) in [4.78, 5) is 0.0860. The van der Waals surface area contributed by atoms with Crippen LogP contribution in [0.2, 0.25) is 5.02 Å². The number of benzene rings is 1. The van der Waals surface area contributed by atoms with Crippen LogP contribution < -0.4 is 10.1 Å². The predicted octanol–water partition coefficient (Wildman–Crippen LogP) is 1.75. The molecule has 1 heterocycles. The lowest BCUT2D eigenvalue weighted by Crippen LogP contribution is -2.38. The molecule has 0 saturated carbocycles. The van der Waals surface area contributed by atoms with Crippen LogP contribution in [0.5, 0.6) is 5.75 Å². The van der Waals surface area contributed by atoms with Gasteiger partial charge >= 0.3 is 0 Å². The molecule has 1 aromatic carbocycles. The number of ether oxygens (including phenoxy) is 1. The summed E-state index contributed by atoms with van der Waals surface area (Å²) in [6.07, 6.45) is 0.803. The third-order valence-corrected chi connectivity index (χ3v) is 5.74. The van der Waals surface area contributed by atoms with Crippen LogP contribution in [0.1, 0.15) is 6.42 Å². The monoisotopic (exact) mass is 340 g/mol. The molecule has 1 aliphatic rings. The third kappa shape index (κ3) is 3.38. The van der Waals surface area contributed by atoms with Gasteiger partial charge in [0.25, 0.3) is 0 Å². The van der Waals surface area contributed by atoms with Crippen molar-refractivity contribution < 1.29 is 13.2 Å². The minimum absolute atomic E-state index is 0. The summed E-state index contributed by atoms with van der Waals surface area (Å²) in [7, 11) is -0.528. The highest BCUT2D eigenvalue weighted by molar-refractivity contribution is 7.89. The van der Waals surface area contributed by atoms with E-state index in [2.05, 4.69) is 5.32 Å². The topological polar surface area (TPSA) is 58.6 Å². The molecule has 1 unspecified atom stereocenters. The molecule has 8 heteroatoms. The highest BCUT2D eigenvalue weighted by Gasteiger charge is 2.31. The standard InChI is InChI=1S/C12H17ClN2O3S.ClH/c1-15(9-5-6-14-8-9)19(16,17)12-7-10(18-2)3-4-11(12)13;/h3-4,7,9,14H,5-6,8H2,1-2H3;1H. The lowest BCUT2D eigenvalue weighted by Gasteiger charge is -2.23. The van der Waals surface area contributed by atoms with Crippen molar-refractivity contribution in [2.75, 3.05) is 27.2 Å². The van der Waals surface area contributed by atoms with Gasteiger partial charge in [0.1, 0.15) is 10.6 Å². The van der Waals surface area contributed by atoms with E-state index >= 15 is 0 Å². The first kappa shape index (κ1) is 17.5. The first-order valence-corrected chi connectivity index (χ1v) is 7.81. The van der Waals surface area contributed by atoms with Crippen molar-refractivity contribution >= 4 is 34.0 Å². The summed E-state index contributed by atoms with van der Waals surface area (Å²) >= 11 is 6.01. The number of nitrogens with one attached hydrogen (secondary N) is 1. The molecule has 20 heavy (non-hydrogen) atoms. The van der Waals surface area contributed by atoms with Crippen molar-refractivity contribution in [1.82, 2.24) is 9.62 Å². The maximum Gasteiger partial charge on any atom is 0.244 e. The Bertz CT molecular complexity index is 560. The van der Waals surface area contributed by atoms with Gasteiger partial charge in [0, 0.05) is 25.7 Å². The van der Waals surface area contributed by atoms with E-state index in [9.17, 15) is 8.42 Å². The minimum Gasteiger partial charge on any atom is -0.497 e. The van der Waals surface area contributed by atoms with E-state index in [1.807, 2.05) is 0 Å².